The van der Waals surface area contributed by atoms with E-state index in [-0.39, 0.29) is 11.8 Å². The molecule has 0 spiro atoms. The van der Waals surface area contributed by atoms with Gasteiger partial charge in [0, 0.05) is 25.2 Å². The van der Waals surface area contributed by atoms with Crippen molar-refractivity contribution < 1.29 is 13.8 Å². The number of hydrogen-bond donors (Lipinski definition) is 0. The minimum Gasteiger partial charge on any atom is -0.338 e. The van der Waals surface area contributed by atoms with Crippen LogP contribution in [0.15, 0.2) is 52.3 Å². The number of rotatable bonds is 2. The van der Waals surface area contributed by atoms with Crippen LogP contribution in [0.25, 0.3) is 0 Å². The van der Waals surface area contributed by atoms with Crippen molar-refractivity contribution in [1.29, 1.82) is 0 Å². The van der Waals surface area contributed by atoms with Crippen molar-refractivity contribution in [3.05, 3.63) is 53.6 Å². The van der Waals surface area contributed by atoms with Gasteiger partial charge in [-0.05, 0) is 55.5 Å². The van der Waals surface area contributed by atoms with E-state index in [1.807, 2.05) is 11.8 Å². The second kappa shape index (κ2) is 7.75. The number of hydrogen-bond acceptors (Lipinski definition) is 3. The SMILES string of the molecule is CCN1C(=O)c2ccccc2[S@@](=O)c2ccc(C(=O)N3C[C@H](C)C[C@H](C)C3)cc21. The zero-order chi connectivity index (χ0) is 20.7. The summed E-state index contributed by atoms with van der Waals surface area (Å²) in [6, 6.07) is 12.3. The molecule has 4 rings (SSSR count). The van der Waals surface area contributed by atoms with E-state index in [1.54, 1.807) is 47.4 Å². The normalized spacial score (nSPS) is 24.0. The molecule has 0 aromatic heterocycles. The first-order valence-electron chi connectivity index (χ1n) is 10.2. The zero-order valence-electron chi connectivity index (χ0n) is 17.1. The second-order valence-electron chi connectivity index (χ2n) is 8.15. The number of likely N-dealkylation sites (tertiary alicyclic amines) is 1. The molecule has 2 heterocycles. The van der Waals surface area contributed by atoms with Crippen LogP contribution in [0.1, 0.15) is 47.9 Å². The molecule has 2 aromatic carbocycles. The van der Waals surface area contributed by atoms with Crippen LogP contribution in [0, 0.1) is 11.8 Å². The topological polar surface area (TPSA) is 57.7 Å². The molecule has 0 saturated carbocycles. The first-order valence-corrected chi connectivity index (χ1v) is 11.3. The third-order valence-electron chi connectivity index (χ3n) is 5.73. The lowest BCUT2D eigenvalue weighted by Gasteiger charge is -2.35. The first kappa shape index (κ1) is 19.8. The maximum Gasteiger partial charge on any atom is 0.259 e. The highest BCUT2D eigenvalue weighted by atomic mass is 32.2. The quantitative estimate of drug-likeness (QED) is 0.753. The summed E-state index contributed by atoms with van der Waals surface area (Å²) in [5, 5.41) is 0. The minimum atomic E-state index is -1.48. The Balaban J connectivity index is 1.76. The molecule has 152 valence electrons. The summed E-state index contributed by atoms with van der Waals surface area (Å²) < 4.78 is 13.2. The Morgan fingerprint density at radius 3 is 2.45 bits per heavy atom. The summed E-state index contributed by atoms with van der Waals surface area (Å²) in [6.45, 7) is 8.16. The number of fused-ring (bicyclic) bond motifs is 2. The number of carbonyl (C=O) groups is 2. The van der Waals surface area contributed by atoms with Gasteiger partial charge in [0.15, 0.2) is 0 Å². The lowest BCUT2D eigenvalue weighted by Crippen LogP contribution is -2.42. The molecule has 0 N–H and O–H groups in total. The Morgan fingerprint density at radius 1 is 1.07 bits per heavy atom. The molecule has 0 aliphatic carbocycles. The fraction of sp³-hybridized carbons (Fsp3) is 0.391. The van der Waals surface area contributed by atoms with Crippen molar-refractivity contribution in [2.45, 2.75) is 37.0 Å². The Labute approximate surface area is 174 Å². The molecule has 5 nitrogen and oxygen atoms in total. The smallest absolute Gasteiger partial charge is 0.259 e. The van der Waals surface area contributed by atoms with E-state index in [0.717, 1.165) is 19.5 Å². The van der Waals surface area contributed by atoms with Gasteiger partial charge in [0.2, 0.25) is 0 Å². The summed E-state index contributed by atoms with van der Waals surface area (Å²) in [5.41, 5.74) is 1.56. The summed E-state index contributed by atoms with van der Waals surface area (Å²) >= 11 is 0. The molecule has 1 fully saturated rings. The molecule has 1 saturated heterocycles. The van der Waals surface area contributed by atoms with Crippen LogP contribution in [-0.4, -0.2) is 40.6 Å². The predicted molar refractivity (Wildman–Crippen MR) is 114 cm³/mol. The van der Waals surface area contributed by atoms with Crippen molar-refractivity contribution in [2.75, 3.05) is 24.5 Å². The van der Waals surface area contributed by atoms with Crippen LogP contribution in [0.2, 0.25) is 0 Å². The molecule has 2 amide bonds. The predicted octanol–water partition coefficient (Wildman–Crippen LogP) is 3.95. The summed E-state index contributed by atoms with van der Waals surface area (Å²) in [7, 11) is -1.48. The fourth-order valence-electron chi connectivity index (χ4n) is 4.52. The highest BCUT2D eigenvalue weighted by Gasteiger charge is 2.32. The third kappa shape index (κ3) is 3.50. The number of carbonyl (C=O) groups excluding carboxylic acids is 2. The molecule has 29 heavy (non-hydrogen) atoms. The van der Waals surface area contributed by atoms with E-state index in [2.05, 4.69) is 13.8 Å². The van der Waals surface area contributed by atoms with Gasteiger partial charge in [-0.3, -0.25) is 9.59 Å². The minimum absolute atomic E-state index is 0.0257. The van der Waals surface area contributed by atoms with Gasteiger partial charge in [-0.1, -0.05) is 26.0 Å². The second-order valence-corrected chi connectivity index (χ2v) is 9.57. The Bertz CT molecular complexity index is 993. The number of amides is 2. The van der Waals surface area contributed by atoms with Crippen molar-refractivity contribution in [3.8, 4) is 0 Å². The summed E-state index contributed by atoms with van der Waals surface area (Å²) in [4.78, 5) is 30.9. The van der Waals surface area contributed by atoms with Gasteiger partial charge in [0.05, 0.1) is 31.8 Å². The van der Waals surface area contributed by atoms with Crippen LogP contribution >= 0.6 is 0 Å². The van der Waals surface area contributed by atoms with E-state index in [4.69, 9.17) is 0 Å². The van der Waals surface area contributed by atoms with Crippen molar-refractivity contribution in [1.82, 2.24) is 4.90 Å². The van der Waals surface area contributed by atoms with E-state index in [1.165, 1.54) is 0 Å². The van der Waals surface area contributed by atoms with Crippen LogP contribution < -0.4 is 4.90 Å². The molecular weight excluding hydrogens is 384 g/mol. The standard InChI is InChI=1S/C23H26N2O3S/c1-4-25-19-12-17(22(26)24-13-15(2)11-16(3)14-24)9-10-21(19)29(28)20-8-6-5-7-18(20)23(25)27/h5-10,12,15-16H,4,11,13-14H2,1-3H3/t15-,16+,29-/m1/s1. The van der Waals surface area contributed by atoms with E-state index in [0.29, 0.717) is 45.0 Å². The Morgan fingerprint density at radius 2 is 1.76 bits per heavy atom. The molecule has 0 radical (unpaired) electrons. The zero-order valence-corrected chi connectivity index (χ0v) is 17.9. The van der Waals surface area contributed by atoms with Crippen molar-refractivity contribution in [2.24, 2.45) is 11.8 Å². The molecule has 2 aliphatic heterocycles. The summed E-state index contributed by atoms with van der Waals surface area (Å²) in [6.07, 6.45) is 1.13. The van der Waals surface area contributed by atoms with Crippen molar-refractivity contribution in [3.63, 3.8) is 0 Å². The lowest BCUT2D eigenvalue weighted by atomic mass is 9.91. The molecule has 2 aliphatic rings. The molecular formula is C23H26N2O3S. The van der Waals surface area contributed by atoms with Crippen LogP contribution in [0.3, 0.4) is 0 Å². The third-order valence-corrected chi connectivity index (χ3v) is 7.23. The number of anilines is 1. The lowest BCUT2D eigenvalue weighted by molar-refractivity contribution is 0.0623. The average molecular weight is 411 g/mol. The largest absolute Gasteiger partial charge is 0.338 e. The van der Waals surface area contributed by atoms with Crippen LogP contribution in [0.4, 0.5) is 5.69 Å². The van der Waals surface area contributed by atoms with Crippen molar-refractivity contribution >= 4 is 28.3 Å². The molecule has 3 atom stereocenters. The van der Waals surface area contributed by atoms with E-state index < -0.39 is 10.8 Å². The summed E-state index contributed by atoms with van der Waals surface area (Å²) in [5.74, 6) is 0.737. The number of piperidine rings is 1. The molecule has 2 aromatic rings. The maximum atomic E-state index is 13.2. The number of benzene rings is 2. The van der Waals surface area contributed by atoms with Gasteiger partial charge < -0.3 is 9.80 Å². The molecule has 0 unspecified atom stereocenters. The first-order chi connectivity index (χ1) is 13.9. The molecule has 6 heteroatoms. The van der Waals surface area contributed by atoms with Crippen LogP contribution in [-0.2, 0) is 10.8 Å². The van der Waals surface area contributed by atoms with E-state index >= 15 is 0 Å². The Kier molecular flexibility index (Phi) is 5.30. The highest BCUT2D eigenvalue weighted by molar-refractivity contribution is 7.85. The molecule has 0 bridgehead atoms. The van der Waals surface area contributed by atoms with Gasteiger partial charge in [-0.2, -0.15) is 0 Å². The monoisotopic (exact) mass is 410 g/mol. The van der Waals surface area contributed by atoms with Gasteiger partial charge >= 0.3 is 0 Å². The van der Waals surface area contributed by atoms with Gasteiger partial charge in [-0.15, -0.1) is 0 Å². The Hall–Kier alpha value is -2.47. The maximum absolute atomic E-state index is 13.2. The highest BCUT2D eigenvalue weighted by Crippen LogP contribution is 2.35. The average Bonchev–Trinajstić information content (AvgIpc) is 2.80. The van der Waals surface area contributed by atoms with Gasteiger partial charge in [0.1, 0.15) is 0 Å². The van der Waals surface area contributed by atoms with E-state index in [9.17, 15) is 13.8 Å². The van der Waals surface area contributed by atoms with Gasteiger partial charge in [0.25, 0.3) is 11.8 Å². The fourth-order valence-corrected chi connectivity index (χ4v) is 5.87. The van der Waals surface area contributed by atoms with Gasteiger partial charge in [-0.25, -0.2) is 4.21 Å². The number of nitrogens with zero attached hydrogens (tertiary/aromatic N) is 2. The van der Waals surface area contributed by atoms with Crippen LogP contribution in [0.5, 0.6) is 0 Å².